The van der Waals surface area contributed by atoms with Crippen molar-refractivity contribution in [1.82, 2.24) is 30.7 Å². The van der Waals surface area contributed by atoms with E-state index in [0.29, 0.717) is 84.9 Å². The normalized spacial score (nSPS) is 18.7. The zero-order valence-corrected chi connectivity index (χ0v) is 69.0. The third kappa shape index (κ3) is 24.9. The number of anilines is 3. The zero-order valence-electron chi connectivity index (χ0n) is 65.9. The molecule has 3 aromatic carbocycles. The number of halogens is 2. The Morgan fingerprint density at radius 2 is 1.15 bits per heavy atom. The quantitative estimate of drug-likeness (QED) is 0.0135. The number of carboxylic acid groups (broad SMARTS) is 1. The SMILES string of the molecule is Cc1csc2c(OC(=O)N(C)CCN(C)C(=O)OCc3ccc(NC(=O)[C@H](CCCNC(N)=O)NC(=O)[C@@H](NC(=O)CCOCCOCCOCCOCCOCCOCCN4C(=O)C=CC4=O)C(C)C)cc3)cc3c(c12)[C@H](CCl)CN3C(=O)CCCC(=O)N1C[C@@H](CCl)c2c1cc(O[C@@H]1O[C@H](C(=O)O)[C@@H](O)[C@H](O)[C@H]1O)c1scc(C)c21. The summed E-state index contributed by atoms with van der Waals surface area (Å²) in [4.78, 5) is 150. The van der Waals surface area contributed by atoms with Crippen LogP contribution >= 0.6 is 45.9 Å². The van der Waals surface area contributed by atoms with Gasteiger partial charge in [-0.2, -0.15) is 0 Å². The number of carboxylic acids is 1. The molecule has 1 fully saturated rings. The Morgan fingerprint density at radius 3 is 1.66 bits per heavy atom. The van der Waals surface area contributed by atoms with Crippen molar-refractivity contribution in [3.05, 3.63) is 87.1 Å². The van der Waals surface area contributed by atoms with E-state index >= 15 is 0 Å². The van der Waals surface area contributed by atoms with Gasteiger partial charge >= 0.3 is 24.2 Å². The van der Waals surface area contributed by atoms with Gasteiger partial charge in [0.25, 0.3) is 11.8 Å². The number of carbonyl (C=O) groups excluding carboxylic acids is 10. The van der Waals surface area contributed by atoms with E-state index in [-0.39, 0.29) is 170 Å². The van der Waals surface area contributed by atoms with Gasteiger partial charge in [0, 0.05) is 130 Å². The minimum atomic E-state index is -1.94. The number of thiophene rings is 2. The van der Waals surface area contributed by atoms with E-state index in [4.69, 9.17) is 76.3 Å². The molecule has 9 atom stereocenters. The first-order valence-electron chi connectivity index (χ1n) is 38.4. The number of rotatable bonds is 46. The van der Waals surface area contributed by atoms with Gasteiger partial charge in [0.2, 0.25) is 35.8 Å². The molecule has 2 aromatic heterocycles. The number of carbonyl (C=O) groups is 11. The molecule has 11 amide bonds. The van der Waals surface area contributed by atoms with Crippen molar-refractivity contribution in [2.75, 3.05) is 160 Å². The van der Waals surface area contributed by atoms with Gasteiger partial charge in [0.1, 0.15) is 42.8 Å². The number of alkyl halides is 2. The fourth-order valence-electron chi connectivity index (χ4n) is 13.5. The molecule has 4 aliphatic heterocycles. The highest BCUT2D eigenvalue weighted by Crippen LogP contribution is 2.51. The summed E-state index contributed by atoms with van der Waals surface area (Å²) in [5, 5.41) is 57.5. The maximum atomic E-state index is 14.4. The molecule has 640 valence electrons. The molecule has 1 saturated heterocycles. The smallest absolute Gasteiger partial charge is 0.415 e. The first kappa shape index (κ1) is 92.0. The Hall–Kier alpha value is -8.93. The Labute approximate surface area is 693 Å². The Bertz CT molecular complexity index is 4320. The largest absolute Gasteiger partial charge is 0.479 e. The van der Waals surface area contributed by atoms with Gasteiger partial charge in [0.15, 0.2) is 11.9 Å². The average molecular weight is 1710 g/mol. The fourth-order valence-corrected chi connectivity index (χ4v) is 16.0. The predicted octanol–water partition coefficient (Wildman–Crippen LogP) is 5.34. The van der Waals surface area contributed by atoms with E-state index in [2.05, 4.69) is 21.3 Å². The van der Waals surface area contributed by atoms with Crippen molar-refractivity contribution < 1.29 is 121 Å². The van der Waals surface area contributed by atoms with E-state index in [9.17, 15) is 73.2 Å². The number of benzene rings is 3. The molecule has 5 aromatic rings. The fraction of sp³-hybridized carbons (Fsp3) is 0.551. The van der Waals surface area contributed by atoms with E-state index in [1.54, 1.807) is 60.0 Å². The topological polar surface area (TPSA) is 451 Å². The van der Waals surface area contributed by atoms with Crippen LogP contribution in [0.1, 0.15) is 92.0 Å². The molecule has 0 radical (unpaired) electrons. The van der Waals surface area contributed by atoms with Crippen molar-refractivity contribution in [3.63, 3.8) is 0 Å². The van der Waals surface area contributed by atoms with Crippen LogP contribution in [0.4, 0.5) is 31.4 Å². The monoisotopic (exact) mass is 1710 g/mol. The first-order valence-corrected chi connectivity index (χ1v) is 41.2. The minimum absolute atomic E-state index is 0.0153. The number of nitrogens with one attached hydrogen (secondary N) is 4. The molecule has 0 bridgehead atoms. The lowest BCUT2D eigenvalue weighted by Gasteiger charge is -2.38. The van der Waals surface area contributed by atoms with Gasteiger partial charge in [0.05, 0.1) is 107 Å². The highest BCUT2D eigenvalue weighted by Gasteiger charge is 2.49. The lowest BCUT2D eigenvalue weighted by Crippen LogP contribution is -2.61. The number of urea groups is 1. The van der Waals surface area contributed by atoms with E-state index in [1.807, 2.05) is 24.6 Å². The number of aliphatic hydroxyl groups is 3. The van der Waals surface area contributed by atoms with Crippen LogP contribution in [0.15, 0.2) is 59.3 Å². The van der Waals surface area contributed by atoms with Crippen molar-refractivity contribution in [2.24, 2.45) is 11.7 Å². The maximum absolute atomic E-state index is 14.4. The first-order chi connectivity index (χ1) is 56.1. The number of aliphatic hydroxyl groups excluding tert-OH is 3. The number of ether oxygens (including phenoxy) is 10. The number of aryl methyl sites for hydroxylation is 2. The van der Waals surface area contributed by atoms with E-state index in [0.717, 1.165) is 37.9 Å². The summed E-state index contributed by atoms with van der Waals surface area (Å²) in [5.41, 5.74) is 10.5. The molecule has 4 aliphatic rings. The van der Waals surface area contributed by atoms with Crippen LogP contribution in [0.3, 0.4) is 0 Å². The minimum Gasteiger partial charge on any atom is -0.479 e. The summed E-state index contributed by atoms with van der Waals surface area (Å²) in [6.45, 7) is 11.3. The number of aliphatic carboxylic acids is 1. The number of likely N-dealkylation sites (N-methyl/N-ethyl adjacent to an activating group) is 2. The van der Waals surface area contributed by atoms with Crippen molar-refractivity contribution >= 4 is 149 Å². The molecule has 117 heavy (non-hydrogen) atoms. The Kier molecular flexibility index (Phi) is 35.2. The molecular formula is C78H102Cl2N10O25S2. The molecule has 0 unspecified atom stereocenters. The molecule has 9 rings (SSSR count). The number of amides is 11. The van der Waals surface area contributed by atoms with E-state index < -0.39 is 90.6 Å². The molecule has 0 aliphatic carbocycles. The standard InChI is InChI=1S/C78H102Cl2N10O25S2/c1-44(2)65(85-56(91)18-23-106-25-27-108-29-31-110-33-34-111-32-30-109-28-26-107-24-22-88-59(94)16-17-60(88)95)73(100)84-51(9-8-19-82-76(81)103)72(99)83-50-14-12-47(13-15-50)41-112-77(104)86(5)20-21-87(6)78(105)114-55-36-53-64(62-46(4)43-117-71(55)62)49(38-80)40-90(53)58(93)11-7-10-57(92)89-39-48(37-79)63-52(89)35-54(70-61(63)45(3)42-116-70)113-75-68(98)66(96)67(97)69(115-75)74(101)102/h12-17,35-36,42-44,48-49,51,65-69,75,96-98H,7-11,18-34,37-41H2,1-6H3,(H,83,99)(H,84,100)(H,85,91)(H,101,102)(H3,81,82,103)/t48-,49-,51+,65+,66+,67+,68-,69+,75-/m1/s1. The van der Waals surface area contributed by atoms with Crippen molar-refractivity contribution in [2.45, 2.75) is 127 Å². The molecule has 39 heteroatoms. The van der Waals surface area contributed by atoms with Crippen molar-refractivity contribution in [3.8, 4) is 11.5 Å². The molecule has 0 saturated carbocycles. The van der Waals surface area contributed by atoms with Crippen LogP contribution < -0.4 is 46.3 Å². The number of hydrogen-bond acceptors (Lipinski definition) is 26. The number of imide groups is 1. The van der Waals surface area contributed by atoms with Gasteiger partial charge in [-0.15, -0.1) is 45.9 Å². The molecule has 6 heterocycles. The summed E-state index contributed by atoms with van der Waals surface area (Å²) in [6, 6.07) is 6.74. The molecular weight excluding hydrogens is 1610 g/mol. The Balaban J connectivity index is 0.685. The summed E-state index contributed by atoms with van der Waals surface area (Å²) in [6.07, 6.45) is -8.04. The van der Waals surface area contributed by atoms with Gasteiger partial charge in [-0.25, -0.2) is 19.2 Å². The van der Waals surface area contributed by atoms with Crippen LogP contribution in [-0.4, -0.2) is 288 Å². The lowest BCUT2D eigenvalue weighted by molar-refractivity contribution is -0.270. The second-order valence-corrected chi connectivity index (χ2v) is 31.0. The highest BCUT2D eigenvalue weighted by molar-refractivity contribution is 7.18. The third-order valence-electron chi connectivity index (χ3n) is 19.8. The number of primary amides is 1. The second-order valence-electron chi connectivity index (χ2n) is 28.6. The molecule has 35 nitrogen and oxygen atoms in total. The maximum Gasteiger partial charge on any atom is 0.415 e. The van der Waals surface area contributed by atoms with E-state index in [1.165, 1.54) is 58.7 Å². The van der Waals surface area contributed by atoms with Crippen LogP contribution in [-0.2, 0) is 82.9 Å². The second kappa shape index (κ2) is 44.8. The van der Waals surface area contributed by atoms with Gasteiger partial charge in [-0.05, 0) is 89.7 Å². The summed E-state index contributed by atoms with van der Waals surface area (Å²) >= 11 is 15.9. The Morgan fingerprint density at radius 1 is 0.641 bits per heavy atom. The zero-order chi connectivity index (χ0) is 84.6. The van der Waals surface area contributed by atoms with Crippen molar-refractivity contribution in [1.29, 1.82) is 0 Å². The third-order valence-corrected chi connectivity index (χ3v) is 22.7. The summed E-state index contributed by atoms with van der Waals surface area (Å²) < 4.78 is 57.4. The van der Waals surface area contributed by atoms with Crippen LogP contribution in [0.5, 0.6) is 11.5 Å². The number of nitrogens with two attached hydrogens (primary N) is 1. The number of hydrogen-bond donors (Lipinski definition) is 9. The highest BCUT2D eigenvalue weighted by atomic mass is 35.5. The van der Waals surface area contributed by atoms with Crippen LogP contribution in [0.2, 0.25) is 0 Å². The lowest BCUT2D eigenvalue weighted by atomic mass is 9.96. The molecule has 10 N–H and O–H groups in total. The number of nitrogens with zero attached hydrogens (tertiary/aromatic N) is 5. The van der Waals surface area contributed by atoms with Gasteiger partial charge < -0.3 is 114 Å². The predicted molar refractivity (Wildman–Crippen MR) is 431 cm³/mol. The molecule has 0 spiro atoms. The van der Waals surface area contributed by atoms with Gasteiger partial charge in [-0.3, -0.25) is 38.5 Å². The number of fused-ring (bicyclic) bond motifs is 6. The summed E-state index contributed by atoms with van der Waals surface area (Å²) in [5.74, 6) is -4.89. The average Bonchev–Trinajstić information content (AvgIpc) is 1.59. The van der Waals surface area contributed by atoms with Crippen LogP contribution in [0, 0.1) is 19.8 Å². The van der Waals surface area contributed by atoms with Crippen LogP contribution in [0.25, 0.3) is 20.2 Å². The van der Waals surface area contributed by atoms with Gasteiger partial charge in [-0.1, -0.05) is 26.0 Å². The summed E-state index contributed by atoms with van der Waals surface area (Å²) in [7, 11) is 3.01.